The van der Waals surface area contributed by atoms with Gasteiger partial charge in [-0.15, -0.1) is 0 Å². The minimum Gasteiger partial charge on any atom is -0.493 e. The number of rotatable bonds is 4. The molecule has 1 aromatic heterocycles. The summed E-state index contributed by atoms with van der Waals surface area (Å²) in [6.45, 7) is 0.650. The fraction of sp³-hybridized carbons (Fsp3) is 0.182. The van der Waals surface area contributed by atoms with Crippen LogP contribution >= 0.6 is 11.6 Å². The van der Waals surface area contributed by atoms with Gasteiger partial charge in [0.05, 0.1) is 36.4 Å². The van der Waals surface area contributed by atoms with Crippen LogP contribution in [-0.2, 0) is 6.54 Å². The summed E-state index contributed by atoms with van der Waals surface area (Å²) in [6, 6.07) is 5.59. The summed E-state index contributed by atoms with van der Waals surface area (Å²) in [5.41, 5.74) is 1.87. The topological polar surface area (TPSA) is 49.9 Å². The lowest BCUT2D eigenvalue weighted by Gasteiger charge is -2.11. The number of methoxy groups -OCH3 is 1. The van der Waals surface area contributed by atoms with E-state index in [9.17, 15) is 0 Å². The van der Waals surface area contributed by atoms with Crippen molar-refractivity contribution in [2.45, 2.75) is 6.54 Å². The first kappa shape index (κ1) is 10.8. The summed E-state index contributed by atoms with van der Waals surface area (Å²) in [7, 11) is 1.60. The van der Waals surface area contributed by atoms with Crippen molar-refractivity contribution in [1.82, 2.24) is 9.97 Å². The molecule has 1 heterocycles. The molecule has 0 unspecified atom stereocenters. The molecule has 0 fully saturated rings. The molecule has 0 radical (unpaired) electrons. The highest BCUT2D eigenvalue weighted by Gasteiger charge is 2.06. The largest absolute Gasteiger partial charge is 0.493 e. The van der Waals surface area contributed by atoms with Crippen molar-refractivity contribution in [2.75, 3.05) is 12.4 Å². The van der Waals surface area contributed by atoms with Crippen LogP contribution in [0, 0.1) is 0 Å². The van der Waals surface area contributed by atoms with Crippen LogP contribution in [0.3, 0.4) is 0 Å². The molecule has 0 aliphatic heterocycles. The van der Waals surface area contributed by atoms with Crippen LogP contribution in [0.25, 0.3) is 0 Å². The number of ether oxygens (including phenoxy) is 1. The third kappa shape index (κ3) is 2.28. The van der Waals surface area contributed by atoms with E-state index in [-0.39, 0.29) is 0 Å². The molecule has 2 N–H and O–H groups in total. The second-order valence-corrected chi connectivity index (χ2v) is 3.66. The van der Waals surface area contributed by atoms with Crippen molar-refractivity contribution in [2.24, 2.45) is 0 Å². The summed E-state index contributed by atoms with van der Waals surface area (Å²) < 4.78 is 5.23. The number of nitrogens with zero attached hydrogens (tertiary/aromatic N) is 1. The van der Waals surface area contributed by atoms with Gasteiger partial charge in [-0.1, -0.05) is 17.7 Å². The quantitative estimate of drug-likeness (QED) is 0.860. The Hall–Kier alpha value is -1.68. The predicted octanol–water partition coefficient (Wildman–Crippen LogP) is 2.68. The fourth-order valence-corrected chi connectivity index (χ4v) is 1.68. The van der Waals surface area contributed by atoms with Gasteiger partial charge in [0.15, 0.2) is 5.75 Å². The van der Waals surface area contributed by atoms with E-state index in [0.717, 1.165) is 11.4 Å². The Morgan fingerprint density at radius 1 is 1.50 bits per heavy atom. The Bertz CT molecular complexity index is 456. The van der Waals surface area contributed by atoms with Gasteiger partial charge in [-0.2, -0.15) is 0 Å². The first-order valence-corrected chi connectivity index (χ1v) is 5.22. The number of aromatic amines is 1. The molecule has 0 atom stereocenters. The maximum Gasteiger partial charge on any atom is 0.160 e. The molecule has 16 heavy (non-hydrogen) atoms. The molecule has 5 heteroatoms. The van der Waals surface area contributed by atoms with E-state index in [1.165, 1.54) is 0 Å². The number of hydrogen-bond donors (Lipinski definition) is 2. The molecular weight excluding hydrogens is 226 g/mol. The number of nitrogens with one attached hydrogen (secondary N) is 2. The molecule has 4 nitrogen and oxygen atoms in total. The highest BCUT2D eigenvalue weighted by molar-refractivity contribution is 6.32. The number of anilines is 1. The van der Waals surface area contributed by atoms with Gasteiger partial charge in [-0.05, 0) is 12.1 Å². The summed E-state index contributed by atoms with van der Waals surface area (Å²) in [4.78, 5) is 6.95. The molecule has 0 saturated heterocycles. The van der Waals surface area contributed by atoms with Crippen molar-refractivity contribution in [3.05, 3.63) is 41.4 Å². The zero-order valence-electron chi connectivity index (χ0n) is 8.83. The summed E-state index contributed by atoms with van der Waals surface area (Å²) >= 11 is 6.01. The van der Waals surface area contributed by atoms with E-state index in [1.54, 1.807) is 25.7 Å². The molecule has 0 saturated carbocycles. The van der Waals surface area contributed by atoms with Gasteiger partial charge in [0.1, 0.15) is 0 Å². The van der Waals surface area contributed by atoms with Crippen molar-refractivity contribution < 1.29 is 4.74 Å². The van der Waals surface area contributed by atoms with Crippen molar-refractivity contribution in [3.8, 4) is 5.75 Å². The minimum atomic E-state index is 0.595. The van der Waals surface area contributed by atoms with E-state index >= 15 is 0 Å². The summed E-state index contributed by atoms with van der Waals surface area (Å²) in [6.07, 6.45) is 3.41. The highest BCUT2D eigenvalue weighted by Crippen LogP contribution is 2.32. The Kier molecular flexibility index (Phi) is 3.31. The van der Waals surface area contributed by atoms with Crippen LogP contribution in [0.1, 0.15) is 5.69 Å². The van der Waals surface area contributed by atoms with Crippen LogP contribution in [0.5, 0.6) is 5.75 Å². The number of benzene rings is 1. The van der Waals surface area contributed by atoms with Crippen LogP contribution in [-0.4, -0.2) is 17.1 Å². The average Bonchev–Trinajstić information content (AvgIpc) is 2.79. The monoisotopic (exact) mass is 237 g/mol. The Morgan fingerprint density at radius 2 is 2.38 bits per heavy atom. The van der Waals surface area contributed by atoms with E-state index in [4.69, 9.17) is 16.3 Å². The van der Waals surface area contributed by atoms with E-state index in [0.29, 0.717) is 17.3 Å². The maximum atomic E-state index is 6.01. The average molecular weight is 238 g/mol. The molecule has 0 amide bonds. The zero-order chi connectivity index (χ0) is 11.4. The van der Waals surface area contributed by atoms with Gasteiger partial charge < -0.3 is 15.0 Å². The van der Waals surface area contributed by atoms with Gasteiger partial charge in [0.25, 0.3) is 0 Å². The van der Waals surface area contributed by atoms with Crippen molar-refractivity contribution in [3.63, 3.8) is 0 Å². The first-order chi connectivity index (χ1) is 7.81. The lowest BCUT2D eigenvalue weighted by molar-refractivity contribution is 0.416. The number of hydrogen-bond acceptors (Lipinski definition) is 3. The Labute approximate surface area is 98.6 Å². The summed E-state index contributed by atoms with van der Waals surface area (Å²) in [5, 5.41) is 3.82. The zero-order valence-corrected chi connectivity index (χ0v) is 9.58. The highest BCUT2D eigenvalue weighted by atomic mass is 35.5. The lowest BCUT2D eigenvalue weighted by atomic mass is 10.3. The van der Waals surface area contributed by atoms with Gasteiger partial charge in [-0.25, -0.2) is 4.98 Å². The molecule has 1 aromatic carbocycles. The molecule has 0 spiro atoms. The predicted molar refractivity (Wildman–Crippen MR) is 63.9 cm³/mol. The van der Waals surface area contributed by atoms with Crippen molar-refractivity contribution >= 4 is 17.3 Å². The van der Waals surface area contributed by atoms with E-state index < -0.39 is 0 Å². The molecule has 0 aliphatic carbocycles. The van der Waals surface area contributed by atoms with Crippen LogP contribution < -0.4 is 10.1 Å². The lowest BCUT2D eigenvalue weighted by Crippen LogP contribution is -2.01. The molecule has 0 aliphatic rings. The number of halogens is 1. The smallest absolute Gasteiger partial charge is 0.160 e. The van der Waals surface area contributed by atoms with Crippen LogP contribution in [0.4, 0.5) is 5.69 Å². The Morgan fingerprint density at radius 3 is 3.06 bits per heavy atom. The second-order valence-electron chi connectivity index (χ2n) is 3.25. The number of aromatic nitrogens is 2. The minimum absolute atomic E-state index is 0.595. The molecule has 2 rings (SSSR count). The van der Waals surface area contributed by atoms with E-state index in [2.05, 4.69) is 15.3 Å². The van der Waals surface area contributed by atoms with E-state index in [1.807, 2.05) is 12.1 Å². The standard InChI is InChI=1S/C11H12ClN3O/c1-16-11-9(12)3-2-4-10(11)14-6-8-5-13-7-15-8/h2-5,7,14H,6H2,1H3,(H,13,15). The van der Waals surface area contributed by atoms with Gasteiger partial charge in [-0.3, -0.25) is 0 Å². The number of imidazole rings is 1. The SMILES string of the molecule is COc1c(Cl)cccc1NCc1cnc[nH]1. The number of para-hydroxylation sites is 1. The maximum absolute atomic E-state index is 6.01. The number of H-pyrrole nitrogens is 1. The van der Waals surface area contributed by atoms with Gasteiger partial charge in [0.2, 0.25) is 0 Å². The van der Waals surface area contributed by atoms with Gasteiger partial charge >= 0.3 is 0 Å². The Balaban J connectivity index is 2.12. The van der Waals surface area contributed by atoms with Gasteiger partial charge in [0, 0.05) is 6.20 Å². The third-order valence-electron chi connectivity index (χ3n) is 2.20. The normalized spacial score (nSPS) is 10.1. The molecule has 2 aromatic rings. The summed E-state index contributed by atoms with van der Waals surface area (Å²) in [5.74, 6) is 0.656. The van der Waals surface area contributed by atoms with Crippen LogP contribution in [0.2, 0.25) is 5.02 Å². The molecule has 84 valence electrons. The molecule has 0 bridgehead atoms. The second kappa shape index (κ2) is 4.90. The van der Waals surface area contributed by atoms with Crippen LogP contribution in [0.15, 0.2) is 30.7 Å². The molecular formula is C11H12ClN3O. The van der Waals surface area contributed by atoms with Crippen molar-refractivity contribution in [1.29, 1.82) is 0 Å². The first-order valence-electron chi connectivity index (χ1n) is 4.85. The fourth-order valence-electron chi connectivity index (χ4n) is 1.43. The third-order valence-corrected chi connectivity index (χ3v) is 2.49.